The van der Waals surface area contributed by atoms with Crippen LogP contribution in [0.5, 0.6) is 0 Å². The normalized spacial score (nSPS) is 23.3. The van der Waals surface area contributed by atoms with E-state index in [1.54, 1.807) is 29.1 Å². The molecule has 1 aliphatic heterocycles. The van der Waals surface area contributed by atoms with Crippen LogP contribution >= 0.6 is 11.6 Å². The molecule has 1 aromatic heterocycles. The fraction of sp³-hybridized carbons (Fsp3) is 0.455. The van der Waals surface area contributed by atoms with E-state index in [0.29, 0.717) is 36.1 Å². The van der Waals surface area contributed by atoms with Gasteiger partial charge in [-0.2, -0.15) is 5.10 Å². The van der Waals surface area contributed by atoms with Crippen LogP contribution < -0.4 is 10.6 Å². The summed E-state index contributed by atoms with van der Waals surface area (Å²) in [5.41, 5.74) is 0.127. The first-order valence-corrected chi connectivity index (χ1v) is 11.0. The average Bonchev–Trinajstić information content (AvgIpc) is 3.28. The van der Waals surface area contributed by atoms with Crippen molar-refractivity contribution < 1.29 is 14.4 Å². The van der Waals surface area contributed by atoms with Crippen molar-refractivity contribution in [1.29, 1.82) is 0 Å². The van der Waals surface area contributed by atoms with Crippen LogP contribution in [0.1, 0.15) is 44.6 Å². The topological polar surface area (TPSA) is 96.3 Å². The minimum Gasteiger partial charge on any atom is -0.323 e. The monoisotopic (exact) mass is 443 g/mol. The van der Waals surface area contributed by atoms with Gasteiger partial charge >= 0.3 is 6.03 Å². The minimum atomic E-state index is -0.848. The number of anilines is 1. The molecule has 2 aromatic rings. The molecule has 4 rings (SSSR count). The van der Waals surface area contributed by atoms with Gasteiger partial charge in [0.2, 0.25) is 5.91 Å². The maximum Gasteiger partial charge on any atom is 0.325 e. The number of hydrogen-bond acceptors (Lipinski definition) is 4. The second-order valence-electron chi connectivity index (χ2n) is 8.30. The van der Waals surface area contributed by atoms with Crippen molar-refractivity contribution in [2.24, 2.45) is 5.92 Å². The van der Waals surface area contributed by atoms with Crippen LogP contribution in [0.25, 0.3) is 0 Å². The van der Waals surface area contributed by atoms with Gasteiger partial charge in [0.15, 0.2) is 0 Å². The van der Waals surface area contributed by atoms with E-state index in [1.165, 1.54) is 0 Å². The Balaban J connectivity index is 1.38. The highest BCUT2D eigenvalue weighted by Crippen LogP contribution is 2.37. The summed E-state index contributed by atoms with van der Waals surface area (Å²) >= 11 is 5.92. The molecular formula is C22H26ClN5O3. The summed E-state index contributed by atoms with van der Waals surface area (Å²) in [6.45, 7) is 2.27. The molecule has 0 bridgehead atoms. The number of rotatable bonds is 6. The predicted octanol–water partition coefficient (Wildman–Crippen LogP) is 3.41. The number of nitrogens with zero attached hydrogens (tertiary/aromatic N) is 3. The molecule has 1 saturated heterocycles. The third kappa shape index (κ3) is 4.44. The molecule has 2 fully saturated rings. The van der Waals surface area contributed by atoms with E-state index in [9.17, 15) is 14.4 Å². The summed E-state index contributed by atoms with van der Waals surface area (Å²) in [6, 6.07) is 8.53. The second-order valence-corrected chi connectivity index (χ2v) is 8.74. The molecule has 2 aliphatic rings. The van der Waals surface area contributed by atoms with E-state index in [4.69, 9.17) is 11.6 Å². The van der Waals surface area contributed by atoms with Gasteiger partial charge in [-0.05, 0) is 49.3 Å². The number of urea groups is 1. The van der Waals surface area contributed by atoms with E-state index < -0.39 is 17.5 Å². The van der Waals surface area contributed by atoms with Crippen molar-refractivity contribution in [1.82, 2.24) is 20.0 Å². The number of carbonyl (C=O) groups is 3. The summed E-state index contributed by atoms with van der Waals surface area (Å²) in [5.74, 6) is 0.344. The van der Waals surface area contributed by atoms with Gasteiger partial charge in [0, 0.05) is 11.1 Å². The number of hydrogen-bond donors (Lipinski definition) is 2. The smallest absolute Gasteiger partial charge is 0.323 e. The van der Waals surface area contributed by atoms with Crippen molar-refractivity contribution >= 4 is 35.3 Å². The molecule has 0 radical (unpaired) electrons. The Morgan fingerprint density at radius 3 is 2.61 bits per heavy atom. The molecule has 0 atom stereocenters. The van der Waals surface area contributed by atoms with Gasteiger partial charge in [-0.1, -0.05) is 37.1 Å². The summed E-state index contributed by atoms with van der Waals surface area (Å²) in [5, 5.41) is 10.5. The molecule has 4 amide bonds. The molecule has 1 spiro atoms. The third-order valence-corrected chi connectivity index (χ3v) is 6.57. The number of amides is 4. The predicted molar refractivity (Wildman–Crippen MR) is 117 cm³/mol. The van der Waals surface area contributed by atoms with Crippen LogP contribution in [0.2, 0.25) is 5.02 Å². The lowest BCUT2D eigenvalue weighted by Gasteiger charge is -2.34. The van der Waals surface area contributed by atoms with E-state index in [-0.39, 0.29) is 12.5 Å². The first-order valence-electron chi connectivity index (χ1n) is 10.6. The summed E-state index contributed by atoms with van der Waals surface area (Å²) in [4.78, 5) is 39.1. The number of imide groups is 1. The lowest BCUT2D eigenvalue weighted by molar-refractivity contribution is -0.135. The zero-order valence-corrected chi connectivity index (χ0v) is 18.2. The first kappa shape index (κ1) is 21.4. The molecule has 2 N–H and O–H groups in total. The lowest BCUT2D eigenvalue weighted by Crippen LogP contribution is -2.49. The standard InChI is InChI=1S/C22H26ClN5O3/c1-2-15-7-10-22(11-8-15)20(30)27(21(31)26-22)14-19(29)25-18-9-12-24-28(18)13-16-3-5-17(23)6-4-16/h3-6,9,12,15H,2,7-8,10-11,13-14H2,1H3,(H,25,29)(H,26,31). The molecule has 1 saturated carbocycles. The number of nitrogens with one attached hydrogen (secondary N) is 2. The molecule has 0 unspecified atom stereocenters. The Hall–Kier alpha value is -2.87. The van der Waals surface area contributed by atoms with Gasteiger partial charge in [0.05, 0.1) is 12.7 Å². The quantitative estimate of drug-likeness (QED) is 0.668. The summed E-state index contributed by atoms with van der Waals surface area (Å²) < 4.78 is 1.64. The van der Waals surface area contributed by atoms with Gasteiger partial charge in [0.25, 0.3) is 5.91 Å². The molecule has 9 heteroatoms. The SMILES string of the molecule is CCC1CCC2(CC1)NC(=O)N(CC(=O)Nc1ccnn1Cc1ccc(Cl)cc1)C2=O. The second kappa shape index (κ2) is 8.70. The van der Waals surface area contributed by atoms with Gasteiger partial charge in [0.1, 0.15) is 17.9 Å². The molecule has 1 aromatic carbocycles. The number of carbonyl (C=O) groups excluding carboxylic acids is 3. The molecular weight excluding hydrogens is 418 g/mol. The van der Waals surface area contributed by atoms with Crippen LogP contribution in [0.15, 0.2) is 36.5 Å². The highest BCUT2D eigenvalue weighted by atomic mass is 35.5. The number of benzene rings is 1. The average molecular weight is 444 g/mol. The van der Waals surface area contributed by atoms with Crippen molar-refractivity contribution in [3.63, 3.8) is 0 Å². The van der Waals surface area contributed by atoms with Gasteiger partial charge in [-0.15, -0.1) is 0 Å². The van der Waals surface area contributed by atoms with Crippen molar-refractivity contribution in [2.45, 2.75) is 51.1 Å². The van der Waals surface area contributed by atoms with Gasteiger partial charge in [-0.25, -0.2) is 9.48 Å². The Kier molecular flexibility index (Phi) is 6.00. The maximum absolute atomic E-state index is 13.0. The third-order valence-electron chi connectivity index (χ3n) is 6.31. The fourth-order valence-electron chi connectivity index (χ4n) is 4.39. The number of halogens is 1. The van der Waals surface area contributed by atoms with E-state index >= 15 is 0 Å². The maximum atomic E-state index is 13.0. The highest BCUT2D eigenvalue weighted by molar-refractivity contribution is 6.30. The molecule has 31 heavy (non-hydrogen) atoms. The molecule has 8 nitrogen and oxygen atoms in total. The highest BCUT2D eigenvalue weighted by Gasteiger charge is 2.52. The lowest BCUT2D eigenvalue weighted by atomic mass is 9.75. The fourth-order valence-corrected chi connectivity index (χ4v) is 4.52. The zero-order chi connectivity index (χ0) is 22.0. The van der Waals surface area contributed by atoms with E-state index in [1.807, 2.05) is 12.1 Å². The van der Waals surface area contributed by atoms with E-state index in [2.05, 4.69) is 22.7 Å². The van der Waals surface area contributed by atoms with Crippen LogP contribution in [0.4, 0.5) is 10.6 Å². The summed E-state index contributed by atoms with van der Waals surface area (Å²) in [7, 11) is 0. The summed E-state index contributed by atoms with van der Waals surface area (Å²) in [6.07, 6.45) is 5.73. The van der Waals surface area contributed by atoms with Crippen LogP contribution in [-0.2, 0) is 16.1 Å². The van der Waals surface area contributed by atoms with Crippen molar-refractivity contribution in [3.8, 4) is 0 Å². The Morgan fingerprint density at radius 2 is 1.94 bits per heavy atom. The van der Waals surface area contributed by atoms with Crippen molar-refractivity contribution in [3.05, 3.63) is 47.1 Å². The van der Waals surface area contributed by atoms with Crippen LogP contribution in [0, 0.1) is 5.92 Å². The van der Waals surface area contributed by atoms with E-state index in [0.717, 1.165) is 29.7 Å². The van der Waals surface area contributed by atoms with Gasteiger partial charge < -0.3 is 10.6 Å². The Morgan fingerprint density at radius 1 is 1.23 bits per heavy atom. The van der Waals surface area contributed by atoms with Crippen LogP contribution in [0.3, 0.4) is 0 Å². The zero-order valence-electron chi connectivity index (χ0n) is 17.4. The van der Waals surface area contributed by atoms with Gasteiger partial charge in [-0.3, -0.25) is 14.5 Å². The molecule has 1 aliphatic carbocycles. The largest absolute Gasteiger partial charge is 0.325 e. The molecule has 164 valence electrons. The van der Waals surface area contributed by atoms with Crippen molar-refractivity contribution in [2.75, 3.05) is 11.9 Å². The van der Waals surface area contributed by atoms with Crippen LogP contribution in [-0.4, -0.2) is 44.6 Å². The Labute approximate surface area is 185 Å². The number of aromatic nitrogens is 2. The molecule has 2 heterocycles. The first-order chi connectivity index (χ1) is 14.9. The minimum absolute atomic E-state index is 0.295. The Bertz CT molecular complexity index is 979.